The van der Waals surface area contributed by atoms with Crippen molar-refractivity contribution < 1.29 is 29.1 Å². The highest BCUT2D eigenvalue weighted by Crippen LogP contribution is 2.23. The zero-order chi connectivity index (χ0) is 31.7. The van der Waals surface area contributed by atoms with Crippen molar-refractivity contribution in [3.05, 3.63) is 108 Å². The maximum atomic E-state index is 12.4. The van der Waals surface area contributed by atoms with Gasteiger partial charge in [0.1, 0.15) is 5.78 Å². The van der Waals surface area contributed by atoms with Gasteiger partial charge in [0.25, 0.3) is 11.8 Å². The van der Waals surface area contributed by atoms with Gasteiger partial charge in [-0.3, -0.25) is 14.4 Å². The molecule has 3 aromatic rings. The van der Waals surface area contributed by atoms with E-state index in [1.807, 2.05) is 73.7 Å². The number of amides is 2. The molecule has 0 spiro atoms. The van der Waals surface area contributed by atoms with Gasteiger partial charge in [-0.25, -0.2) is 4.79 Å². The highest BCUT2D eigenvalue weighted by Gasteiger charge is 2.33. The van der Waals surface area contributed by atoms with Crippen LogP contribution in [0.5, 0.6) is 0 Å². The summed E-state index contributed by atoms with van der Waals surface area (Å²) in [4.78, 5) is 51.9. The molecule has 0 radical (unpaired) electrons. The van der Waals surface area contributed by atoms with Crippen molar-refractivity contribution in [3.63, 3.8) is 0 Å². The lowest BCUT2D eigenvalue weighted by Gasteiger charge is -2.17. The average molecular weight is 600 g/mol. The molecule has 0 saturated carbocycles. The third-order valence-corrected chi connectivity index (χ3v) is 7.97. The van der Waals surface area contributed by atoms with Gasteiger partial charge in [-0.1, -0.05) is 105 Å². The van der Waals surface area contributed by atoms with E-state index in [0.717, 1.165) is 37.7 Å². The number of nitrogens with zero attached hydrogens (tertiary/aromatic N) is 1. The lowest BCUT2D eigenvalue weighted by Crippen LogP contribution is -2.34. The maximum absolute atomic E-state index is 12.4. The first-order valence-corrected chi connectivity index (χ1v) is 15.6. The molecule has 1 N–H and O–H groups in total. The third kappa shape index (κ3) is 11.5. The van der Waals surface area contributed by atoms with E-state index >= 15 is 0 Å². The summed E-state index contributed by atoms with van der Waals surface area (Å²) in [6.07, 6.45) is 6.00. The van der Waals surface area contributed by atoms with Crippen molar-refractivity contribution in [1.29, 1.82) is 0 Å². The summed E-state index contributed by atoms with van der Waals surface area (Å²) in [6, 6.07) is 30.2. The Hall–Kier alpha value is -4.10. The van der Waals surface area contributed by atoms with Crippen LogP contribution in [0.3, 0.4) is 0 Å². The SMILES string of the molecule is C[C@@H](CCCc1ccccc1)C(=O)C[C@@H](CO)c1ccccc1.C[C@@H](CCCc1ccccc1)C(=O)ON1C(=O)CCC1=O. The number of benzene rings is 3. The minimum atomic E-state index is -0.522. The number of imide groups is 1. The second-order valence-corrected chi connectivity index (χ2v) is 11.5. The third-order valence-electron chi connectivity index (χ3n) is 7.97. The van der Waals surface area contributed by atoms with Crippen LogP contribution in [-0.2, 0) is 36.9 Å². The van der Waals surface area contributed by atoms with Crippen LogP contribution in [0.2, 0.25) is 0 Å². The van der Waals surface area contributed by atoms with Crippen molar-refractivity contribution in [2.75, 3.05) is 6.61 Å². The summed E-state index contributed by atoms with van der Waals surface area (Å²) in [6.45, 7) is 3.78. The molecular weight excluding hydrogens is 554 g/mol. The van der Waals surface area contributed by atoms with Gasteiger partial charge in [-0.2, -0.15) is 0 Å². The minimum Gasteiger partial charge on any atom is -0.396 e. The maximum Gasteiger partial charge on any atom is 0.335 e. The largest absolute Gasteiger partial charge is 0.396 e. The highest BCUT2D eigenvalue weighted by atomic mass is 16.7. The van der Waals surface area contributed by atoms with Gasteiger partial charge in [0.05, 0.1) is 12.5 Å². The fraction of sp³-hybridized carbons (Fsp3) is 0.405. The molecule has 234 valence electrons. The van der Waals surface area contributed by atoms with Crippen molar-refractivity contribution in [1.82, 2.24) is 5.06 Å². The molecule has 1 heterocycles. The Labute approximate surface area is 261 Å². The van der Waals surface area contributed by atoms with Gasteiger partial charge in [-0.05, 0) is 55.2 Å². The lowest BCUT2D eigenvalue weighted by atomic mass is 9.88. The second-order valence-electron chi connectivity index (χ2n) is 11.5. The summed E-state index contributed by atoms with van der Waals surface area (Å²) in [7, 11) is 0. The average Bonchev–Trinajstić information content (AvgIpc) is 3.37. The number of hydrogen-bond acceptors (Lipinski definition) is 6. The van der Waals surface area contributed by atoms with E-state index in [1.165, 1.54) is 11.1 Å². The number of hydroxylamine groups is 2. The van der Waals surface area contributed by atoms with Gasteiger partial charge < -0.3 is 9.94 Å². The van der Waals surface area contributed by atoms with E-state index < -0.39 is 17.8 Å². The molecule has 0 unspecified atom stereocenters. The molecule has 0 aliphatic carbocycles. The molecule has 1 aliphatic heterocycles. The Morgan fingerprint density at radius 2 is 1.18 bits per heavy atom. The number of carbonyl (C=O) groups excluding carboxylic acids is 4. The monoisotopic (exact) mass is 599 g/mol. The number of rotatable bonds is 15. The fourth-order valence-electron chi connectivity index (χ4n) is 5.09. The fourth-order valence-corrected chi connectivity index (χ4v) is 5.09. The first-order chi connectivity index (χ1) is 21.3. The molecule has 7 nitrogen and oxygen atoms in total. The van der Waals surface area contributed by atoms with Gasteiger partial charge in [0.15, 0.2) is 0 Å². The smallest absolute Gasteiger partial charge is 0.335 e. The van der Waals surface area contributed by atoms with Crippen molar-refractivity contribution in [2.24, 2.45) is 11.8 Å². The van der Waals surface area contributed by atoms with E-state index in [4.69, 9.17) is 4.84 Å². The topological polar surface area (TPSA) is 101 Å². The van der Waals surface area contributed by atoms with Crippen molar-refractivity contribution in [3.8, 4) is 0 Å². The summed E-state index contributed by atoms with van der Waals surface area (Å²) in [5, 5.41) is 10.2. The van der Waals surface area contributed by atoms with E-state index in [0.29, 0.717) is 17.9 Å². The number of hydrogen-bond donors (Lipinski definition) is 1. The molecule has 3 atom stereocenters. The first kappa shape index (κ1) is 34.4. The molecule has 2 amide bonds. The number of aliphatic hydroxyl groups is 1. The van der Waals surface area contributed by atoms with Crippen LogP contribution >= 0.6 is 0 Å². The Bertz CT molecular complexity index is 1300. The molecule has 1 fully saturated rings. The van der Waals surface area contributed by atoms with Crippen LogP contribution in [-0.4, -0.2) is 40.3 Å². The van der Waals surface area contributed by atoms with Gasteiger partial charge in [-0.15, -0.1) is 5.06 Å². The number of aryl methyl sites for hydroxylation is 2. The molecule has 44 heavy (non-hydrogen) atoms. The quantitative estimate of drug-likeness (QED) is 0.197. The molecule has 1 aliphatic rings. The van der Waals surface area contributed by atoms with Crippen LogP contribution in [0, 0.1) is 11.8 Å². The van der Waals surface area contributed by atoms with Crippen LogP contribution in [0.4, 0.5) is 0 Å². The molecular formula is C37H45NO6. The second kappa shape index (κ2) is 18.5. The molecule has 1 saturated heterocycles. The molecule has 7 heteroatoms. The number of carbonyl (C=O) groups is 4. The van der Waals surface area contributed by atoms with E-state index in [2.05, 4.69) is 24.3 Å². The Morgan fingerprint density at radius 3 is 1.66 bits per heavy atom. The normalized spacial score (nSPS) is 14.8. The van der Waals surface area contributed by atoms with Crippen LogP contribution in [0.1, 0.15) is 81.4 Å². The van der Waals surface area contributed by atoms with Gasteiger partial charge >= 0.3 is 5.97 Å². The van der Waals surface area contributed by atoms with Crippen molar-refractivity contribution in [2.45, 2.75) is 77.6 Å². The van der Waals surface area contributed by atoms with Gasteiger partial charge in [0, 0.05) is 31.1 Å². The molecule has 3 aromatic carbocycles. The van der Waals surface area contributed by atoms with Crippen LogP contribution in [0.15, 0.2) is 91.0 Å². The van der Waals surface area contributed by atoms with Crippen molar-refractivity contribution >= 4 is 23.6 Å². The highest BCUT2D eigenvalue weighted by molar-refractivity contribution is 6.01. The van der Waals surface area contributed by atoms with E-state index in [1.54, 1.807) is 6.92 Å². The zero-order valence-corrected chi connectivity index (χ0v) is 25.9. The lowest BCUT2D eigenvalue weighted by molar-refractivity contribution is -0.200. The first-order valence-electron chi connectivity index (χ1n) is 15.6. The van der Waals surface area contributed by atoms with Crippen LogP contribution in [0.25, 0.3) is 0 Å². The Kier molecular flexibility index (Phi) is 14.5. The summed E-state index contributed by atoms with van der Waals surface area (Å²) in [5.41, 5.74) is 3.59. The Morgan fingerprint density at radius 1 is 0.727 bits per heavy atom. The van der Waals surface area contributed by atoms with E-state index in [9.17, 15) is 24.3 Å². The molecule has 4 rings (SSSR count). The van der Waals surface area contributed by atoms with Gasteiger partial charge in [0.2, 0.25) is 0 Å². The standard InChI is InChI=1S/C21H26O2.C16H19NO4/c1-17(9-8-12-18-10-4-2-5-11-18)21(23)15-20(16-22)19-13-6-3-7-14-19;1-12(6-5-9-13-7-3-2-4-8-13)16(20)21-17-14(18)10-11-15(17)19/h2-7,10-11,13-14,17,20,22H,8-9,12,15-16H2,1H3;2-4,7-8,12H,5-6,9-11H2,1H3/t17-,20-;12-/m00/s1. The zero-order valence-electron chi connectivity index (χ0n) is 25.9. The molecule has 0 bridgehead atoms. The van der Waals surface area contributed by atoms with Crippen LogP contribution < -0.4 is 0 Å². The predicted molar refractivity (Wildman–Crippen MR) is 170 cm³/mol. The summed E-state index contributed by atoms with van der Waals surface area (Å²) >= 11 is 0. The minimum absolute atomic E-state index is 0.0203. The molecule has 0 aromatic heterocycles. The summed E-state index contributed by atoms with van der Waals surface area (Å²) < 4.78 is 0. The number of Topliss-reactive ketones (excluding diaryl/α,β-unsaturated/α-hetero) is 1. The Balaban J connectivity index is 0.000000241. The van der Waals surface area contributed by atoms with E-state index in [-0.39, 0.29) is 43.0 Å². The number of ketones is 1. The predicted octanol–water partition coefficient (Wildman–Crippen LogP) is 6.63. The number of aliphatic hydroxyl groups excluding tert-OH is 1. The summed E-state index contributed by atoms with van der Waals surface area (Å²) in [5.74, 6) is -1.52.